The van der Waals surface area contributed by atoms with Gasteiger partial charge in [-0.3, -0.25) is 14.6 Å². The molecule has 136 valence electrons. The van der Waals surface area contributed by atoms with Crippen molar-refractivity contribution in [3.63, 3.8) is 0 Å². The van der Waals surface area contributed by atoms with Gasteiger partial charge < -0.3 is 10.0 Å². The highest BCUT2D eigenvalue weighted by Crippen LogP contribution is 2.32. The predicted molar refractivity (Wildman–Crippen MR) is 94.8 cm³/mol. The Hall–Kier alpha value is -2.76. The molecule has 0 bridgehead atoms. The van der Waals surface area contributed by atoms with Gasteiger partial charge >= 0.3 is 5.97 Å². The van der Waals surface area contributed by atoms with Crippen molar-refractivity contribution < 1.29 is 19.1 Å². The first kappa shape index (κ1) is 18.0. The second kappa shape index (κ2) is 7.64. The number of nitrogens with zero attached hydrogens (tertiary/aromatic N) is 2. The highest BCUT2D eigenvalue weighted by atomic mass is 19.1. The van der Waals surface area contributed by atoms with E-state index in [0.717, 1.165) is 18.4 Å². The van der Waals surface area contributed by atoms with Crippen LogP contribution in [0, 0.1) is 11.7 Å². The average Bonchev–Trinajstić information content (AvgIpc) is 3.44. The van der Waals surface area contributed by atoms with Crippen LogP contribution in [0.5, 0.6) is 0 Å². The van der Waals surface area contributed by atoms with E-state index in [0.29, 0.717) is 29.8 Å². The Morgan fingerprint density at radius 2 is 2.04 bits per heavy atom. The molecule has 1 heterocycles. The quantitative estimate of drug-likeness (QED) is 0.826. The molecule has 1 aliphatic carbocycles. The van der Waals surface area contributed by atoms with E-state index in [-0.39, 0.29) is 24.1 Å². The summed E-state index contributed by atoms with van der Waals surface area (Å²) in [6.45, 7) is 2.79. The van der Waals surface area contributed by atoms with Gasteiger partial charge in [0, 0.05) is 37.0 Å². The molecule has 2 aromatic rings. The van der Waals surface area contributed by atoms with Gasteiger partial charge in [0.2, 0.25) is 5.91 Å². The maximum atomic E-state index is 13.8. The van der Waals surface area contributed by atoms with Crippen LogP contribution in [0.25, 0.3) is 11.1 Å². The maximum Gasteiger partial charge on any atom is 0.307 e. The molecule has 3 rings (SSSR count). The Bertz CT molecular complexity index is 834. The van der Waals surface area contributed by atoms with Gasteiger partial charge in [-0.2, -0.15) is 0 Å². The second-order valence-electron chi connectivity index (χ2n) is 6.58. The first-order valence-electron chi connectivity index (χ1n) is 8.71. The van der Waals surface area contributed by atoms with Crippen molar-refractivity contribution in [3.05, 3.63) is 53.6 Å². The monoisotopic (exact) mass is 356 g/mol. The minimum absolute atomic E-state index is 0.104. The van der Waals surface area contributed by atoms with Crippen molar-refractivity contribution in [2.45, 2.75) is 32.7 Å². The SMILES string of the molecule is CCN(Cc1cc(F)ccc1-c1cncc(CC(=O)O)c1)C(=O)C1CC1. The van der Waals surface area contributed by atoms with Crippen LogP contribution in [0.2, 0.25) is 0 Å². The van der Waals surface area contributed by atoms with Crippen LogP contribution in [0.15, 0.2) is 36.7 Å². The fourth-order valence-electron chi connectivity index (χ4n) is 3.02. The van der Waals surface area contributed by atoms with Crippen LogP contribution in [0.1, 0.15) is 30.9 Å². The van der Waals surface area contributed by atoms with Crippen LogP contribution < -0.4 is 0 Å². The first-order chi connectivity index (χ1) is 12.5. The molecule has 1 aromatic carbocycles. The summed E-state index contributed by atoms with van der Waals surface area (Å²) in [7, 11) is 0. The minimum atomic E-state index is -0.935. The zero-order valence-corrected chi connectivity index (χ0v) is 14.6. The van der Waals surface area contributed by atoms with Gasteiger partial charge in [0.05, 0.1) is 6.42 Å². The number of halogens is 1. The number of carbonyl (C=O) groups is 2. The Morgan fingerprint density at radius 1 is 1.27 bits per heavy atom. The molecule has 1 aromatic heterocycles. The molecule has 1 aliphatic rings. The zero-order chi connectivity index (χ0) is 18.7. The summed E-state index contributed by atoms with van der Waals surface area (Å²) >= 11 is 0. The van der Waals surface area contributed by atoms with Crippen LogP contribution >= 0.6 is 0 Å². The number of carboxylic acid groups (broad SMARTS) is 1. The summed E-state index contributed by atoms with van der Waals surface area (Å²) in [5.74, 6) is -1.09. The summed E-state index contributed by atoms with van der Waals surface area (Å²) in [6, 6.07) is 6.20. The van der Waals surface area contributed by atoms with E-state index in [9.17, 15) is 14.0 Å². The lowest BCUT2D eigenvalue weighted by Gasteiger charge is -2.22. The molecule has 1 N–H and O–H groups in total. The number of benzene rings is 1. The van der Waals surface area contributed by atoms with Gasteiger partial charge in [-0.05, 0) is 54.7 Å². The lowest BCUT2D eigenvalue weighted by atomic mass is 9.98. The van der Waals surface area contributed by atoms with E-state index in [1.807, 2.05) is 6.92 Å². The number of pyridine rings is 1. The molecular formula is C20H21FN2O3. The lowest BCUT2D eigenvalue weighted by Crippen LogP contribution is -2.31. The fourth-order valence-corrected chi connectivity index (χ4v) is 3.02. The van der Waals surface area contributed by atoms with Crippen molar-refractivity contribution in [1.82, 2.24) is 9.88 Å². The van der Waals surface area contributed by atoms with Gasteiger partial charge in [-0.25, -0.2) is 4.39 Å². The summed E-state index contributed by atoms with van der Waals surface area (Å²) < 4.78 is 13.8. The minimum Gasteiger partial charge on any atom is -0.481 e. The zero-order valence-electron chi connectivity index (χ0n) is 14.6. The molecule has 0 saturated heterocycles. The lowest BCUT2D eigenvalue weighted by molar-refractivity contribution is -0.136. The third-order valence-electron chi connectivity index (χ3n) is 4.51. The molecule has 0 atom stereocenters. The van der Waals surface area contributed by atoms with E-state index >= 15 is 0 Å². The van der Waals surface area contributed by atoms with Crippen molar-refractivity contribution in [3.8, 4) is 11.1 Å². The van der Waals surface area contributed by atoms with E-state index in [1.54, 1.807) is 23.2 Å². The summed E-state index contributed by atoms with van der Waals surface area (Å²) in [5, 5.41) is 8.97. The number of aliphatic carboxylic acids is 1. The first-order valence-corrected chi connectivity index (χ1v) is 8.71. The van der Waals surface area contributed by atoms with Crippen molar-refractivity contribution in [2.75, 3.05) is 6.54 Å². The number of rotatable bonds is 7. The Kier molecular flexibility index (Phi) is 5.30. The molecule has 6 heteroatoms. The topological polar surface area (TPSA) is 70.5 Å². The molecular weight excluding hydrogens is 335 g/mol. The van der Waals surface area contributed by atoms with Crippen LogP contribution in [-0.2, 0) is 22.6 Å². The van der Waals surface area contributed by atoms with E-state index in [2.05, 4.69) is 4.98 Å². The van der Waals surface area contributed by atoms with E-state index in [4.69, 9.17) is 5.11 Å². The molecule has 0 spiro atoms. The number of carboxylic acids is 1. The molecule has 26 heavy (non-hydrogen) atoms. The van der Waals surface area contributed by atoms with Gasteiger partial charge in [0.25, 0.3) is 0 Å². The molecule has 5 nitrogen and oxygen atoms in total. The Balaban J connectivity index is 1.92. The van der Waals surface area contributed by atoms with Crippen LogP contribution in [0.3, 0.4) is 0 Å². The van der Waals surface area contributed by atoms with Crippen molar-refractivity contribution >= 4 is 11.9 Å². The number of aromatic nitrogens is 1. The third kappa shape index (κ3) is 4.25. The van der Waals surface area contributed by atoms with Gasteiger partial charge in [0.1, 0.15) is 5.82 Å². The highest BCUT2D eigenvalue weighted by Gasteiger charge is 2.33. The van der Waals surface area contributed by atoms with Gasteiger partial charge in [-0.1, -0.05) is 6.07 Å². The maximum absolute atomic E-state index is 13.8. The third-order valence-corrected chi connectivity index (χ3v) is 4.51. The summed E-state index contributed by atoms with van der Waals surface area (Å²) in [6.07, 6.45) is 4.86. The predicted octanol–water partition coefficient (Wildman–Crippen LogP) is 3.27. The van der Waals surface area contributed by atoms with Crippen molar-refractivity contribution in [1.29, 1.82) is 0 Å². The molecule has 1 amide bonds. The van der Waals surface area contributed by atoms with Gasteiger partial charge in [-0.15, -0.1) is 0 Å². The number of carbonyl (C=O) groups excluding carboxylic acids is 1. The largest absolute Gasteiger partial charge is 0.481 e. The van der Waals surface area contributed by atoms with E-state index in [1.165, 1.54) is 18.3 Å². The molecule has 1 fully saturated rings. The molecule has 0 aliphatic heterocycles. The Labute approximate surface area is 151 Å². The normalized spacial score (nSPS) is 13.5. The van der Waals surface area contributed by atoms with Crippen LogP contribution in [0.4, 0.5) is 4.39 Å². The van der Waals surface area contributed by atoms with Crippen LogP contribution in [-0.4, -0.2) is 33.4 Å². The van der Waals surface area contributed by atoms with Gasteiger partial charge in [0.15, 0.2) is 0 Å². The summed E-state index contributed by atoms with van der Waals surface area (Å²) in [4.78, 5) is 29.2. The van der Waals surface area contributed by atoms with Crippen molar-refractivity contribution in [2.24, 2.45) is 5.92 Å². The number of hydrogen-bond acceptors (Lipinski definition) is 3. The fraction of sp³-hybridized carbons (Fsp3) is 0.350. The van der Waals surface area contributed by atoms with E-state index < -0.39 is 5.97 Å². The molecule has 1 saturated carbocycles. The smallest absolute Gasteiger partial charge is 0.307 e. The Morgan fingerprint density at radius 3 is 2.69 bits per heavy atom. The average molecular weight is 356 g/mol. The molecule has 0 unspecified atom stereocenters. The summed E-state index contributed by atoms with van der Waals surface area (Å²) in [5.41, 5.74) is 2.74. The number of amides is 1. The second-order valence-corrected chi connectivity index (χ2v) is 6.58. The molecule has 0 radical (unpaired) electrons. The highest BCUT2D eigenvalue weighted by molar-refractivity contribution is 5.81. The number of hydrogen-bond donors (Lipinski definition) is 1. The standard InChI is InChI=1S/C20H21FN2O3/c1-2-23(20(26)14-3-4-14)12-16-9-17(21)5-6-18(16)15-7-13(8-19(24)25)10-22-11-15/h5-7,9-11,14H,2-4,8,12H2,1H3,(H,24,25).